The number of nitrogen functional groups attached to an aromatic ring is 4. The van der Waals surface area contributed by atoms with Crippen LogP contribution in [0.2, 0.25) is 0 Å². The molecule has 0 amide bonds. The predicted octanol–water partition coefficient (Wildman–Crippen LogP) is 2.52. The van der Waals surface area contributed by atoms with Gasteiger partial charge in [0.2, 0.25) is 0 Å². The largest absolute Gasteiger partial charge is 0.489 e. The van der Waals surface area contributed by atoms with E-state index in [1.165, 1.54) is 0 Å². The van der Waals surface area contributed by atoms with Crippen LogP contribution in [-0.4, -0.2) is 24.4 Å². The van der Waals surface area contributed by atoms with Crippen molar-refractivity contribution >= 4 is 72.4 Å². The maximum Gasteiger partial charge on any atom is 0.144 e. The molecule has 2 aromatic carbocycles. The SMILES string of the molecule is Cl.Cl.Cl.Cl.Nc1ccc(N)c(OCC(O)COc2cc(N)ccc2N)c1. The minimum atomic E-state index is -0.860. The van der Waals surface area contributed by atoms with Crippen LogP contribution in [0, 0.1) is 0 Å². The summed E-state index contributed by atoms with van der Waals surface area (Å²) >= 11 is 0. The van der Waals surface area contributed by atoms with E-state index in [0.29, 0.717) is 34.2 Å². The average molecular weight is 450 g/mol. The highest BCUT2D eigenvalue weighted by molar-refractivity contribution is 5.86. The van der Waals surface area contributed by atoms with Crippen LogP contribution in [0.5, 0.6) is 11.5 Å². The van der Waals surface area contributed by atoms with Gasteiger partial charge < -0.3 is 37.5 Å². The van der Waals surface area contributed by atoms with Crippen LogP contribution in [0.1, 0.15) is 0 Å². The molecule has 0 spiro atoms. The first-order chi connectivity index (χ1) is 10.5. The Morgan fingerprint density at radius 1 is 0.692 bits per heavy atom. The number of rotatable bonds is 6. The van der Waals surface area contributed by atoms with Crippen LogP contribution >= 0.6 is 49.6 Å². The molecule has 11 heteroatoms. The molecule has 0 aromatic heterocycles. The molecule has 26 heavy (non-hydrogen) atoms. The lowest BCUT2D eigenvalue weighted by atomic mass is 10.2. The summed E-state index contributed by atoms with van der Waals surface area (Å²) in [6.07, 6.45) is -0.860. The Kier molecular flexibility index (Phi) is 15.2. The minimum absolute atomic E-state index is 0. The average Bonchev–Trinajstić information content (AvgIpc) is 2.49. The molecular weight excluding hydrogens is 426 g/mol. The molecule has 0 radical (unpaired) electrons. The predicted molar refractivity (Wildman–Crippen MR) is 117 cm³/mol. The number of halogens is 4. The second-order valence-electron chi connectivity index (χ2n) is 4.87. The summed E-state index contributed by atoms with van der Waals surface area (Å²) in [6.45, 7) is 0.0196. The van der Waals surface area contributed by atoms with E-state index in [2.05, 4.69) is 0 Å². The molecule has 0 saturated carbocycles. The van der Waals surface area contributed by atoms with Gasteiger partial charge in [-0.25, -0.2) is 0 Å². The van der Waals surface area contributed by atoms with Crippen LogP contribution in [0.4, 0.5) is 22.7 Å². The summed E-state index contributed by atoms with van der Waals surface area (Å²) in [4.78, 5) is 0. The van der Waals surface area contributed by atoms with Crippen molar-refractivity contribution in [1.29, 1.82) is 0 Å². The number of benzene rings is 2. The van der Waals surface area contributed by atoms with Crippen LogP contribution in [0.3, 0.4) is 0 Å². The summed E-state index contributed by atoms with van der Waals surface area (Å²) in [6, 6.07) is 9.81. The number of anilines is 4. The molecular formula is C15H24Cl4N4O3. The van der Waals surface area contributed by atoms with Gasteiger partial charge in [0.25, 0.3) is 0 Å². The summed E-state index contributed by atoms with van der Waals surface area (Å²) in [5.74, 6) is 0.838. The summed E-state index contributed by atoms with van der Waals surface area (Å²) in [7, 11) is 0. The second-order valence-corrected chi connectivity index (χ2v) is 4.87. The van der Waals surface area contributed by atoms with E-state index >= 15 is 0 Å². The molecule has 0 unspecified atom stereocenters. The van der Waals surface area contributed by atoms with Crippen molar-refractivity contribution in [3.05, 3.63) is 36.4 Å². The van der Waals surface area contributed by atoms with E-state index in [0.717, 1.165) is 0 Å². The fraction of sp³-hybridized carbons (Fsp3) is 0.200. The first kappa shape index (κ1) is 29.1. The topological polar surface area (TPSA) is 143 Å². The third-order valence-corrected chi connectivity index (χ3v) is 2.94. The van der Waals surface area contributed by atoms with Crippen molar-refractivity contribution in [3.8, 4) is 11.5 Å². The number of ether oxygens (including phenoxy) is 2. The fourth-order valence-corrected chi connectivity index (χ4v) is 1.77. The normalized spacial score (nSPS) is 9.00. The minimum Gasteiger partial charge on any atom is -0.489 e. The molecule has 0 bridgehead atoms. The standard InChI is InChI=1S/C15H20N4O3.4ClH/c16-9-1-3-12(18)14(5-9)21-7-11(20)8-22-15-6-10(17)2-4-13(15)19;;;;/h1-6,11,20H,7-8,16-19H2;4*1H. The van der Waals surface area contributed by atoms with E-state index < -0.39 is 6.10 Å². The Hall–Kier alpha value is -1.64. The summed E-state index contributed by atoms with van der Waals surface area (Å²) in [5, 5.41) is 9.90. The first-order valence-electron chi connectivity index (χ1n) is 6.69. The van der Waals surface area contributed by atoms with Gasteiger partial charge in [-0.05, 0) is 24.3 Å². The highest BCUT2D eigenvalue weighted by Crippen LogP contribution is 2.25. The number of nitrogens with two attached hydrogens (primary N) is 4. The van der Waals surface area contributed by atoms with Gasteiger partial charge in [-0.2, -0.15) is 0 Å². The molecule has 9 N–H and O–H groups in total. The molecule has 0 aliphatic rings. The summed E-state index contributed by atoms with van der Waals surface area (Å²) in [5.41, 5.74) is 24.8. The van der Waals surface area contributed by atoms with Crippen molar-refractivity contribution in [2.75, 3.05) is 36.1 Å². The molecule has 0 atom stereocenters. The van der Waals surface area contributed by atoms with E-state index in [1.54, 1.807) is 36.4 Å². The number of hydrogen-bond acceptors (Lipinski definition) is 7. The van der Waals surface area contributed by atoms with Gasteiger partial charge in [-0.15, -0.1) is 49.6 Å². The van der Waals surface area contributed by atoms with Crippen molar-refractivity contribution in [2.24, 2.45) is 0 Å². The molecule has 2 rings (SSSR count). The second kappa shape index (κ2) is 13.5. The Morgan fingerprint density at radius 2 is 1.04 bits per heavy atom. The zero-order valence-corrected chi connectivity index (χ0v) is 16.9. The van der Waals surface area contributed by atoms with Crippen LogP contribution < -0.4 is 32.4 Å². The molecule has 0 fully saturated rings. The van der Waals surface area contributed by atoms with Crippen LogP contribution in [0.25, 0.3) is 0 Å². The lowest BCUT2D eigenvalue weighted by molar-refractivity contribution is 0.0632. The zero-order chi connectivity index (χ0) is 16.1. The highest BCUT2D eigenvalue weighted by Gasteiger charge is 2.10. The van der Waals surface area contributed by atoms with Gasteiger partial charge in [-0.3, -0.25) is 0 Å². The van der Waals surface area contributed by atoms with Gasteiger partial charge in [0.1, 0.15) is 30.8 Å². The number of aliphatic hydroxyl groups excluding tert-OH is 1. The lowest BCUT2D eigenvalue weighted by Gasteiger charge is -2.16. The Labute approximate surface area is 177 Å². The highest BCUT2D eigenvalue weighted by atomic mass is 35.5. The van der Waals surface area contributed by atoms with E-state index in [1.807, 2.05) is 0 Å². The maximum absolute atomic E-state index is 9.90. The van der Waals surface area contributed by atoms with Gasteiger partial charge in [0, 0.05) is 23.5 Å². The van der Waals surface area contributed by atoms with Gasteiger partial charge in [0.15, 0.2) is 0 Å². The van der Waals surface area contributed by atoms with Crippen LogP contribution in [-0.2, 0) is 0 Å². The maximum atomic E-state index is 9.90. The molecule has 0 aliphatic carbocycles. The Balaban J connectivity index is -0.00000132. The van der Waals surface area contributed by atoms with Crippen molar-refractivity contribution in [2.45, 2.75) is 6.10 Å². The van der Waals surface area contributed by atoms with Crippen LogP contribution in [0.15, 0.2) is 36.4 Å². The van der Waals surface area contributed by atoms with Crippen molar-refractivity contribution in [3.63, 3.8) is 0 Å². The monoisotopic (exact) mass is 448 g/mol. The Bertz CT molecular complexity index is 609. The Morgan fingerprint density at radius 3 is 1.38 bits per heavy atom. The third kappa shape index (κ3) is 8.64. The van der Waals surface area contributed by atoms with Crippen molar-refractivity contribution < 1.29 is 14.6 Å². The smallest absolute Gasteiger partial charge is 0.144 e. The quantitative estimate of drug-likeness (QED) is 0.426. The summed E-state index contributed by atoms with van der Waals surface area (Å²) < 4.78 is 10.9. The zero-order valence-electron chi connectivity index (χ0n) is 13.7. The van der Waals surface area contributed by atoms with E-state index in [9.17, 15) is 5.11 Å². The molecule has 2 aromatic rings. The molecule has 7 nitrogen and oxygen atoms in total. The molecule has 150 valence electrons. The van der Waals surface area contributed by atoms with Gasteiger partial charge in [-0.1, -0.05) is 0 Å². The van der Waals surface area contributed by atoms with Crippen molar-refractivity contribution in [1.82, 2.24) is 0 Å². The van der Waals surface area contributed by atoms with Gasteiger partial charge >= 0.3 is 0 Å². The first-order valence-corrected chi connectivity index (χ1v) is 6.69. The molecule has 0 aliphatic heterocycles. The van der Waals surface area contributed by atoms with Gasteiger partial charge in [0.05, 0.1) is 11.4 Å². The fourth-order valence-electron chi connectivity index (χ4n) is 1.77. The number of hydrogen-bond donors (Lipinski definition) is 5. The molecule has 0 saturated heterocycles. The third-order valence-electron chi connectivity index (χ3n) is 2.94. The number of aliphatic hydroxyl groups is 1. The molecule has 0 heterocycles. The van der Waals surface area contributed by atoms with E-state index in [-0.39, 0.29) is 62.8 Å². The van der Waals surface area contributed by atoms with E-state index in [4.69, 9.17) is 32.4 Å². The lowest BCUT2D eigenvalue weighted by Crippen LogP contribution is -2.25.